The Morgan fingerprint density at radius 3 is 2.28 bits per heavy atom. The third kappa shape index (κ3) is 8.02. The number of carbonyl (C=O) groups excluding carboxylic acids is 2. The number of halogens is 1. The van der Waals surface area contributed by atoms with Gasteiger partial charge in [-0.05, 0) is 73.1 Å². The minimum Gasteiger partial charge on any atom is -0.497 e. The van der Waals surface area contributed by atoms with Crippen LogP contribution in [0.5, 0.6) is 5.75 Å². The summed E-state index contributed by atoms with van der Waals surface area (Å²) in [6, 6.07) is 12.8. The van der Waals surface area contributed by atoms with E-state index < -0.39 is 27.8 Å². The molecule has 1 heterocycles. The van der Waals surface area contributed by atoms with Crippen LogP contribution in [0.1, 0.15) is 60.4 Å². The van der Waals surface area contributed by atoms with Gasteiger partial charge in [0.2, 0.25) is 15.9 Å². The number of ether oxygens (including phenoxy) is 1. The fourth-order valence-electron chi connectivity index (χ4n) is 5.32. The highest BCUT2D eigenvalue weighted by molar-refractivity contribution is 7.88. The van der Waals surface area contributed by atoms with Crippen molar-refractivity contribution < 1.29 is 27.1 Å². The van der Waals surface area contributed by atoms with Crippen molar-refractivity contribution in [2.75, 3.05) is 39.5 Å². The van der Waals surface area contributed by atoms with E-state index in [1.807, 2.05) is 12.1 Å². The number of unbranched alkanes of at least 4 members (excludes halogenated alkanes) is 2. The molecule has 2 aromatic carbocycles. The number of hydrogen-bond donors (Lipinski definition) is 1. The molecule has 4 rings (SSSR count). The van der Waals surface area contributed by atoms with Crippen LogP contribution < -0.4 is 10.1 Å². The van der Waals surface area contributed by atoms with Gasteiger partial charge in [-0.15, -0.1) is 0 Å². The second kappa shape index (κ2) is 12.9. The molecule has 1 saturated carbocycles. The minimum absolute atomic E-state index is 0.208. The first-order valence-electron chi connectivity index (χ1n) is 13.6. The van der Waals surface area contributed by atoms with Crippen LogP contribution in [0.3, 0.4) is 0 Å². The molecule has 0 spiro atoms. The Balaban J connectivity index is 1.28. The number of rotatable bonds is 12. The minimum atomic E-state index is -3.31. The zero-order valence-corrected chi connectivity index (χ0v) is 23.5. The van der Waals surface area contributed by atoms with Crippen molar-refractivity contribution in [1.29, 1.82) is 0 Å². The van der Waals surface area contributed by atoms with Crippen molar-refractivity contribution in [3.05, 3.63) is 65.5 Å². The van der Waals surface area contributed by atoms with Crippen LogP contribution in [0.2, 0.25) is 0 Å². The van der Waals surface area contributed by atoms with Crippen LogP contribution >= 0.6 is 0 Å². The lowest BCUT2D eigenvalue weighted by molar-refractivity contribution is -0.134. The van der Waals surface area contributed by atoms with Crippen molar-refractivity contribution in [2.45, 2.75) is 50.5 Å². The predicted octanol–water partition coefficient (Wildman–Crippen LogP) is 3.79. The molecule has 10 heteroatoms. The normalized spacial score (nSPS) is 20.3. The number of benzene rings is 2. The molecule has 3 atom stereocenters. The summed E-state index contributed by atoms with van der Waals surface area (Å²) < 4.78 is 43.6. The Hall–Kier alpha value is -2.98. The Labute approximate surface area is 230 Å². The smallest absolute Gasteiger partial charge is 0.251 e. The zero-order valence-electron chi connectivity index (χ0n) is 22.6. The number of hydrogen-bond acceptors (Lipinski definition) is 5. The monoisotopic (exact) mass is 559 g/mol. The molecule has 2 aromatic rings. The van der Waals surface area contributed by atoms with Crippen LogP contribution in [0.15, 0.2) is 48.5 Å². The Kier molecular flexibility index (Phi) is 9.61. The van der Waals surface area contributed by atoms with E-state index in [4.69, 9.17) is 4.74 Å². The van der Waals surface area contributed by atoms with Crippen LogP contribution in [-0.2, 0) is 14.8 Å². The average molecular weight is 560 g/mol. The molecular formula is C29H38FN3O5S. The van der Waals surface area contributed by atoms with Crippen molar-refractivity contribution in [1.82, 2.24) is 14.5 Å². The molecule has 8 nitrogen and oxygen atoms in total. The third-order valence-electron chi connectivity index (χ3n) is 7.76. The fourth-order valence-corrected chi connectivity index (χ4v) is 6.15. The SMILES string of the molecule is COc1ccc([C@@H]2CC2CCCCC[C@H](NC(=O)c2ccc(F)cc2)C(=O)N2CCN(S(C)(=O)=O)CC2)cc1. The van der Waals surface area contributed by atoms with Crippen LogP contribution in [-0.4, -0.2) is 75.0 Å². The maximum Gasteiger partial charge on any atom is 0.251 e. The zero-order chi connectivity index (χ0) is 28.0. The van der Waals surface area contributed by atoms with Crippen molar-refractivity contribution in [3.63, 3.8) is 0 Å². The number of methoxy groups -OCH3 is 1. The first kappa shape index (κ1) is 29.0. The lowest BCUT2D eigenvalue weighted by atomic mass is 10.0. The van der Waals surface area contributed by atoms with E-state index in [2.05, 4.69) is 17.4 Å². The Bertz CT molecular complexity index is 1230. The second-order valence-corrected chi connectivity index (χ2v) is 12.5. The first-order valence-corrected chi connectivity index (χ1v) is 15.4. The molecule has 0 aromatic heterocycles. The van der Waals surface area contributed by atoms with Crippen LogP contribution in [0.4, 0.5) is 4.39 Å². The van der Waals surface area contributed by atoms with Crippen LogP contribution in [0.25, 0.3) is 0 Å². The van der Waals surface area contributed by atoms with E-state index in [1.165, 1.54) is 40.6 Å². The van der Waals surface area contributed by atoms with Gasteiger partial charge in [0, 0.05) is 31.7 Å². The molecule has 2 amide bonds. The van der Waals surface area contributed by atoms with Crippen molar-refractivity contribution >= 4 is 21.8 Å². The summed E-state index contributed by atoms with van der Waals surface area (Å²) in [5, 5.41) is 2.85. The van der Waals surface area contributed by atoms with E-state index >= 15 is 0 Å². The van der Waals surface area contributed by atoms with Gasteiger partial charge >= 0.3 is 0 Å². The summed E-state index contributed by atoms with van der Waals surface area (Å²) in [5.41, 5.74) is 1.64. The summed E-state index contributed by atoms with van der Waals surface area (Å²) in [6.45, 7) is 1.03. The number of nitrogens with zero attached hydrogens (tertiary/aromatic N) is 2. The molecule has 1 unspecified atom stereocenters. The molecule has 0 bridgehead atoms. The highest BCUT2D eigenvalue weighted by Crippen LogP contribution is 2.50. The van der Waals surface area contributed by atoms with Gasteiger partial charge in [-0.3, -0.25) is 9.59 Å². The maximum absolute atomic E-state index is 13.4. The number of carbonyl (C=O) groups is 2. The topological polar surface area (TPSA) is 96.0 Å². The van der Waals surface area contributed by atoms with E-state index in [0.717, 1.165) is 37.7 Å². The largest absolute Gasteiger partial charge is 0.497 e. The highest BCUT2D eigenvalue weighted by atomic mass is 32.2. The lowest BCUT2D eigenvalue weighted by Gasteiger charge is -2.35. The number of sulfonamides is 1. The molecule has 0 radical (unpaired) electrons. The first-order chi connectivity index (χ1) is 18.7. The van der Waals surface area contributed by atoms with Gasteiger partial charge in [-0.25, -0.2) is 12.8 Å². The summed E-state index contributed by atoms with van der Waals surface area (Å²) in [5.74, 6) is 1.08. The number of nitrogens with one attached hydrogen (secondary N) is 1. The molecule has 212 valence electrons. The van der Waals surface area contributed by atoms with E-state index in [1.54, 1.807) is 12.0 Å². The van der Waals surface area contributed by atoms with Crippen molar-refractivity contribution in [2.24, 2.45) is 5.92 Å². The maximum atomic E-state index is 13.4. The van der Waals surface area contributed by atoms with Gasteiger partial charge in [-0.2, -0.15) is 4.31 Å². The molecular weight excluding hydrogens is 521 g/mol. The highest BCUT2D eigenvalue weighted by Gasteiger charge is 2.37. The van der Waals surface area contributed by atoms with Gasteiger partial charge in [-0.1, -0.05) is 31.4 Å². The summed E-state index contributed by atoms with van der Waals surface area (Å²) in [4.78, 5) is 27.8. The van der Waals surface area contributed by atoms with Gasteiger partial charge in [0.25, 0.3) is 5.91 Å². The number of amides is 2. The van der Waals surface area contributed by atoms with Gasteiger partial charge in [0.05, 0.1) is 13.4 Å². The predicted molar refractivity (Wildman–Crippen MR) is 148 cm³/mol. The molecule has 2 fully saturated rings. The quantitative estimate of drug-likeness (QED) is 0.399. The van der Waals surface area contributed by atoms with Gasteiger partial charge in [0.15, 0.2) is 0 Å². The van der Waals surface area contributed by atoms with Crippen LogP contribution in [0, 0.1) is 11.7 Å². The van der Waals surface area contributed by atoms with Gasteiger partial charge < -0.3 is 15.0 Å². The summed E-state index contributed by atoms with van der Waals surface area (Å²) >= 11 is 0. The second-order valence-electron chi connectivity index (χ2n) is 10.5. The summed E-state index contributed by atoms with van der Waals surface area (Å²) in [6.07, 6.45) is 6.76. The average Bonchev–Trinajstić information content (AvgIpc) is 3.71. The fraction of sp³-hybridized carbons (Fsp3) is 0.517. The standard InChI is InChI=1S/C29H38FN3O5S/c1-38-25-14-10-21(11-15-25)26-20-23(26)6-4-3-5-7-27(31-28(34)22-8-12-24(30)13-9-22)29(35)32-16-18-33(19-17-32)39(2,36)37/h8-15,23,26-27H,3-7,16-20H2,1-2H3,(H,31,34)/t23?,26-,27-/m0/s1. The Morgan fingerprint density at radius 2 is 1.67 bits per heavy atom. The summed E-state index contributed by atoms with van der Waals surface area (Å²) in [7, 11) is -1.64. The molecule has 1 saturated heterocycles. The molecule has 1 N–H and O–H groups in total. The number of piperazine rings is 1. The van der Waals surface area contributed by atoms with Crippen molar-refractivity contribution in [3.8, 4) is 5.75 Å². The van der Waals surface area contributed by atoms with Gasteiger partial charge in [0.1, 0.15) is 17.6 Å². The molecule has 2 aliphatic rings. The molecule has 39 heavy (non-hydrogen) atoms. The Morgan fingerprint density at radius 1 is 1.00 bits per heavy atom. The van der Waals surface area contributed by atoms with E-state index in [0.29, 0.717) is 18.3 Å². The molecule has 1 aliphatic heterocycles. The van der Waals surface area contributed by atoms with E-state index in [-0.39, 0.29) is 37.6 Å². The van der Waals surface area contributed by atoms with E-state index in [9.17, 15) is 22.4 Å². The third-order valence-corrected chi connectivity index (χ3v) is 9.07. The lowest BCUT2D eigenvalue weighted by Crippen LogP contribution is -2.55. The molecule has 1 aliphatic carbocycles.